The van der Waals surface area contributed by atoms with Gasteiger partial charge in [-0.05, 0) is 36.4 Å². The molecule has 3 N–H and O–H groups in total. The molecule has 0 fully saturated rings. The molecule has 0 spiro atoms. The van der Waals surface area contributed by atoms with Gasteiger partial charge in [0.25, 0.3) is 11.8 Å². The minimum absolute atomic E-state index is 0.0251. The van der Waals surface area contributed by atoms with E-state index in [1.165, 1.54) is 18.0 Å². The van der Waals surface area contributed by atoms with Gasteiger partial charge in [-0.2, -0.15) is 5.10 Å². The molecule has 2 aromatic heterocycles. The van der Waals surface area contributed by atoms with Crippen molar-refractivity contribution in [2.75, 3.05) is 17.3 Å². The van der Waals surface area contributed by atoms with Crippen LogP contribution in [0.4, 0.5) is 20.3 Å². The number of hydrogen-bond donors (Lipinski definition) is 3. The molecule has 0 saturated heterocycles. The number of H-pyrrole nitrogens is 2. The molecule has 0 aliphatic rings. The normalized spacial score (nSPS) is 10.8. The SMILES string of the molecule is CN(C(=O)c1cc(NC(=O)c2cc(F)c(F)cc2Cl)n[nH]1)c1ccc(-c2noc(=O)[nH]2)cc1. The Balaban J connectivity index is 1.46. The summed E-state index contributed by atoms with van der Waals surface area (Å²) in [5.41, 5.74) is 0.849. The van der Waals surface area contributed by atoms with Gasteiger partial charge in [0.15, 0.2) is 23.3 Å². The first-order valence-electron chi connectivity index (χ1n) is 9.18. The molecule has 4 aromatic rings. The predicted octanol–water partition coefficient (Wildman–Crippen LogP) is 3.21. The monoisotopic (exact) mass is 474 g/mol. The van der Waals surface area contributed by atoms with Crippen LogP contribution in [0.2, 0.25) is 5.02 Å². The molecule has 4 rings (SSSR count). The number of carbonyl (C=O) groups excluding carboxylic acids is 2. The Morgan fingerprint density at radius 3 is 2.48 bits per heavy atom. The summed E-state index contributed by atoms with van der Waals surface area (Å²) in [6.45, 7) is 0. The van der Waals surface area contributed by atoms with E-state index in [2.05, 4.69) is 30.2 Å². The lowest BCUT2D eigenvalue weighted by atomic mass is 10.2. The van der Waals surface area contributed by atoms with E-state index in [1.807, 2.05) is 0 Å². The number of nitrogens with zero attached hydrogens (tertiary/aromatic N) is 3. The van der Waals surface area contributed by atoms with Gasteiger partial charge in [0.2, 0.25) is 0 Å². The Hall–Kier alpha value is -4.32. The second-order valence-electron chi connectivity index (χ2n) is 6.72. The third-order valence-electron chi connectivity index (χ3n) is 4.58. The summed E-state index contributed by atoms with van der Waals surface area (Å²) in [6.07, 6.45) is 0. The summed E-state index contributed by atoms with van der Waals surface area (Å²) in [7, 11) is 1.52. The van der Waals surface area contributed by atoms with Crippen LogP contribution in [0.1, 0.15) is 20.8 Å². The molecule has 0 unspecified atom stereocenters. The van der Waals surface area contributed by atoms with Crippen molar-refractivity contribution in [3.63, 3.8) is 0 Å². The van der Waals surface area contributed by atoms with Crippen molar-refractivity contribution in [3.8, 4) is 11.4 Å². The Bertz CT molecular complexity index is 1410. The Morgan fingerprint density at radius 2 is 1.82 bits per heavy atom. The van der Waals surface area contributed by atoms with Crippen molar-refractivity contribution in [2.24, 2.45) is 0 Å². The number of rotatable bonds is 5. The predicted molar refractivity (Wildman–Crippen MR) is 113 cm³/mol. The first kappa shape index (κ1) is 21.9. The molecule has 168 valence electrons. The number of aromatic nitrogens is 4. The molecular weight excluding hydrogens is 462 g/mol. The van der Waals surface area contributed by atoms with Crippen molar-refractivity contribution >= 4 is 34.9 Å². The third kappa shape index (κ3) is 4.50. The molecule has 0 radical (unpaired) electrons. The van der Waals surface area contributed by atoms with Crippen LogP contribution >= 0.6 is 11.6 Å². The number of hydrogen-bond acceptors (Lipinski definition) is 6. The summed E-state index contributed by atoms with van der Waals surface area (Å²) >= 11 is 5.80. The number of benzene rings is 2. The highest BCUT2D eigenvalue weighted by molar-refractivity contribution is 6.34. The fourth-order valence-corrected chi connectivity index (χ4v) is 3.11. The molecule has 33 heavy (non-hydrogen) atoms. The quantitative estimate of drug-likeness (QED) is 0.380. The van der Waals surface area contributed by atoms with E-state index >= 15 is 0 Å². The highest BCUT2D eigenvalue weighted by atomic mass is 35.5. The maximum Gasteiger partial charge on any atom is 0.439 e. The van der Waals surface area contributed by atoms with Gasteiger partial charge in [-0.25, -0.2) is 13.6 Å². The molecule has 10 nitrogen and oxygen atoms in total. The lowest BCUT2D eigenvalue weighted by Crippen LogP contribution is -2.26. The van der Waals surface area contributed by atoms with Crippen molar-refractivity contribution in [3.05, 3.63) is 80.9 Å². The van der Waals surface area contributed by atoms with Crippen LogP contribution in [0, 0.1) is 11.6 Å². The van der Waals surface area contributed by atoms with Gasteiger partial charge in [0.1, 0.15) is 5.69 Å². The summed E-state index contributed by atoms with van der Waals surface area (Å²) in [5, 5.41) is 12.0. The Labute approximate surface area is 188 Å². The van der Waals surface area contributed by atoms with Crippen LogP contribution in [-0.2, 0) is 0 Å². The first-order chi connectivity index (χ1) is 15.7. The van der Waals surface area contributed by atoms with Crippen LogP contribution < -0.4 is 16.0 Å². The third-order valence-corrected chi connectivity index (χ3v) is 4.89. The fourth-order valence-electron chi connectivity index (χ4n) is 2.87. The largest absolute Gasteiger partial charge is 0.439 e. The average molecular weight is 475 g/mol. The summed E-state index contributed by atoms with van der Waals surface area (Å²) < 4.78 is 31.1. The van der Waals surface area contributed by atoms with E-state index in [0.29, 0.717) is 23.4 Å². The van der Waals surface area contributed by atoms with Crippen LogP contribution in [0.3, 0.4) is 0 Å². The van der Waals surface area contributed by atoms with Gasteiger partial charge in [-0.15, -0.1) is 0 Å². The van der Waals surface area contributed by atoms with Gasteiger partial charge < -0.3 is 10.2 Å². The van der Waals surface area contributed by atoms with Gasteiger partial charge in [0, 0.05) is 24.4 Å². The number of anilines is 2. The first-order valence-corrected chi connectivity index (χ1v) is 9.56. The van der Waals surface area contributed by atoms with E-state index < -0.39 is 29.2 Å². The molecular formula is C20H13ClF2N6O4. The standard InChI is InChI=1S/C20H13ClF2N6O4/c1-29(10-4-2-9(3-5-10)17-25-20(32)33-28-17)19(31)15-8-16(27-26-15)24-18(30)11-6-13(22)14(23)7-12(11)21/h2-8H,1H3,(H,25,28,32)(H2,24,26,27,30). The lowest BCUT2D eigenvalue weighted by Gasteiger charge is -2.16. The zero-order chi connectivity index (χ0) is 23.7. The molecule has 0 atom stereocenters. The number of nitrogens with one attached hydrogen (secondary N) is 3. The van der Waals surface area contributed by atoms with Gasteiger partial charge >= 0.3 is 5.76 Å². The number of amides is 2. The summed E-state index contributed by atoms with van der Waals surface area (Å²) in [5.74, 6) is -4.19. The highest BCUT2D eigenvalue weighted by Crippen LogP contribution is 2.23. The van der Waals surface area contributed by atoms with Crippen molar-refractivity contribution in [2.45, 2.75) is 0 Å². The molecule has 2 heterocycles. The molecule has 0 saturated carbocycles. The van der Waals surface area contributed by atoms with Crippen molar-refractivity contribution in [1.29, 1.82) is 0 Å². The van der Waals surface area contributed by atoms with Gasteiger partial charge in [-0.3, -0.25) is 24.2 Å². The van der Waals surface area contributed by atoms with E-state index in [1.54, 1.807) is 24.3 Å². The molecule has 0 bridgehead atoms. The molecule has 0 aliphatic carbocycles. The summed E-state index contributed by atoms with van der Waals surface area (Å²) in [6, 6.07) is 9.16. The lowest BCUT2D eigenvalue weighted by molar-refractivity contribution is 0.0986. The maximum atomic E-state index is 13.4. The minimum atomic E-state index is -1.23. The van der Waals surface area contributed by atoms with Crippen molar-refractivity contribution < 1.29 is 22.9 Å². The number of halogens is 3. The average Bonchev–Trinajstić information content (AvgIpc) is 3.44. The Morgan fingerprint density at radius 1 is 1.12 bits per heavy atom. The number of carbonyl (C=O) groups is 2. The minimum Gasteiger partial charge on any atom is -0.310 e. The van der Waals surface area contributed by atoms with E-state index in [-0.39, 0.29) is 27.9 Å². The van der Waals surface area contributed by atoms with Crippen LogP contribution in [0.15, 0.2) is 51.8 Å². The Kier molecular flexibility index (Phi) is 5.75. The van der Waals surface area contributed by atoms with Gasteiger partial charge in [0.05, 0.1) is 10.6 Å². The van der Waals surface area contributed by atoms with Crippen LogP contribution in [0.25, 0.3) is 11.4 Å². The number of aromatic amines is 2. The van der Waals surface area contributed by atoms with E-state index in [9.17, 15) is 23.2 Å². The maximum absolute atomic E-state index is 13.4. The second-order valence-corrected chi connectivity index (χ2v) is 7.13. The molecule has 2 aromatic carbocycles. The molecule has 0 aliphatic heterocycles. The van der Waals surface area contributed by atoms with Crippen molar-refractivity contribution in [1.82, 2.24) is 20.3 Å². The fraction of sp³-hybridized carbons (Fsp3) is 0.0500. The second kappa shape index (κ2) is 8.67. The van der Waals surface area contributed by atoms with Crippen LogP contribution in [0.5, 0.6) is 0 Å². The molecule has 2 amide bonds. The van der Waals surface area contributed by atoms with Gasteiger partial charge in [-0.1, -0.05) is 16.8 Å². The zero-order valence-electron chi connectivity index (χ0n) is 16.6. The topological polar surface area (TPSA) is 137 Å². The van der Waals surface area contributed by atoms with Crippen LogP contribution in [-0.4, -0.2) is 39.2 Å². The summed E-state index contributed by atoms with van der Waals surface area (Å²) in [4.78, 5) is 39.9. The molecule has 13 heteroatoms. The van der Waals surface area contributed by atoms with E-state index in [4.69, 9.17) is 11.6 Å². The van der Waals surface area contributed by atoms with E-state index in [0.717, 1.165) is 0 Å². The zero-order valence-corrected chi connectivity index (χ0v) is 17.4. The highest BCUT2D eigenvalue weighted by Gasteiger charge is 2.20. The smallest absolute Gasteiger partial charge is 0.310 e.